The Morgan fingerprint density at radius 1 is 1.16 bits per heavy atom. The number of carboxylic acids is 1. The molecule has 0 atom stereocenters. The topological polar surface area (TPSA) is 40.5 Å². The van der Waals surface area contributed by atoms with Crippen LogP contribution in [0.5, 0.6) is 0 Å². The van der Waals surface area contributed by atoms with Crippen molar-refractivity contribution in [3.8, 4) is 0 Å². The summed E-state index contributed by atoms with van der Waals surface area (Å²) < 4.78 is 0. The molecule has 3 heteroatoms. The molecule has 2 rings (SSSR count). The van der Waals surface area contributed by atoms with Crippen molar-refractivity contribution in [3.63, 3.8) is 0 Å². The van der Waals surface area contributed by atoms with Crippen molar-refractivity contribution in [2.24, 2.45) is 5.41 Å². The first-order valence-electron chi connectivity index (χ1n) is 7.81. The first-order valence-corrected chi connectivity index (χ1v) is 7.81. The minimum Gasteiger partial charge on any atom is -0.480 e. The molecular weight excluding hydrogens is 238 g/mol. The van der Waals surface area contributed by atoms with E-state index < -0.39 is 5.97 Å². The molecule has 0 heterocycles. The van der Waals surface area contributed by atoms with Gasteiger partial charge < -0.3 is 5.11 Å². The molecule has 0 aromatic carbocycles. The van der Waals surface area contributed by atoms with Gasteiger partial charge >= 0.3 is 5.97 Å². The lowest BCUT2D eigenvalue weighted by Crippen LogP contribution is -2.52. The Bertz CT molecular complexity index is 316. The van der Waals surface area contributed by atoms with Crippen LogP contribution >= 0.6 is 0 Å². The quantitative estimate of drug-likeness (QED) is 0.848. The van der Waals surface area contributed by atoms with Crippen LogP contribution in [0.25, 0.3) is 0 Å². The summed E-state index contributed by atoms with van der Waals surface area (Å²) >= 11 is 0. The highest BCUT2D eigenvalue weighted by Gasteiger charge is 2.40. The molecule has 1 N–H and O–H groups in total. The van der Waals surface area contributed by atoms with E-state index in [1.165, 1.54) is 51.4 Å². The lowest BCUT2D eigenvalue weighted by Gasteiger charge is -2.46. The number of carbonyl (C=O) groups is 1. The van der Waals surface area contributed by atoms with Crippen LogP contribution < -0.4 is 0 Å². The maximum Gasteiger partial charge on any atom is 0.317 e. The molecule has 19 heavy (non-hydrogen) atoms. The molecule has 0 radical (unpaired) electrons. The molecule has 2 fully saturated rings. The van der Waals surface area contributed by atoms with Crippen LogP contribution in [0.2, 0.25) is 0 Å². The van der Waals surface area contributed by atoms with Gasteiger partial charge in [-0.15, -0.1) is 0 Å². The third-order valence-electron chi connectivity index (χ3n) is 5.29. The Morgan fingerprint density at radius 2 is 1.68 bits per heavy atom. The zero-order chi connectivity index (χ0) is 14.1. The third kappa shape index (κ3) is 3.50. The summed E-state index contributed by atoms with van der Waals surface area (Å²) in [4.78, 5) is 13.3. The first-order chi connectivity index (χ1) is 8.82. The first kappa shape index (κ1) is 14.8. The molecule has 0 aliphatic heterocycles. The monoisotopic (exact) mass is 267 g/mol. The molecule has 3 nitrogen and oxygen atoms in total. The Morgan fingerprint density at radius 3 is 2.11 bits per heavy atom. The van der Waals surface area contributed by atoms with Crippen molar-refractivity contribution < 1.29 is 9.90 Å². The molecule has 0 amide bonds. The van der Waals surface area contributed by atoms with E-state index >= 15 is 0 Å². The van der Waals surface area contributed by atoms with Crippen LogP contribution in [0.4, 0.5) is 0 Å². The average molecular weight is 267 g/mol. The Labute approximate surface area is 117 Å². The molecule has 0 aromatic heterocycles. The molecule has 1 spiro atoms. The highest BCUT2D eigenvalue weighted by atomic mass is 16.4. The van der Waals surface area contributed by atoms with Gasteiger partial charge in [0.05, 0.1) is 6.54 Å². The fourth-order valence-corrected chi connectivity index (χ4v) is 4.21. The summed E-state index contributed by atoms with van der Waals surface area (Å²) in [5.74, 6) is -0.698. The predicted octanol–water partition coefficient (Wildman–Crippen LogP) is 3.67. The zero-order valence-corrected chi connectivity index (χ0v) is 12.7. The van der Waals surface area contributed by atoms with Gasteiger partial charge in [-0.05, 0) is 64.7 Å². The molecule has 0 unspecified atom stereocenters. The maximum atomic E-state index is 11.1. The van der Waals surface area contributed by atoms with Crippen LogP contribution in [0.15, 0.2) is 0 Å². The van der Waals surface area contributed by atoms with E-state index in [-0.39, 0.29) is 12.1 Å². The largest absolute Gasteiger partial charge is 0.480 e. The van der Waals surface area contributed by atoms with Gasteiger partial charge in [0.1, 0.15) is 0 Å². The molecular formula is C16H29NO2. The number of hydrogen-bond acceptors (Lipinski definition) is 2. The van der Waals surface area contributed by atoms with Crippen molar-refractivity contribution in [3.05, 3.63) is 0 Å². The van der Waals surface area contributed by atoms with Crippen LogP contribution in [-0.4, -0.2) is 34.1 Å². The summed E-state index contributed by atoms with van der Waals surface area (Å²) in [7, 11) is 0. The normalized spacial score (nSPS) is 24.2. The molecule has 0 saturated heterocycles. The summed E-state index contributed by atoms with van der Waals surface area (Å²) in [6.45, 7) is 6.59. The smallest absolute Gasteiger partial charge is 0.317 e. The molecule has 2 aliphatic rings. The van der Waals surface area contributed by atoms with Crippen molar-refractivity contribution in [1.82, 2.24) is 4.90 Å². The number of nitrogens with zero attached hydrogens (tertiary/aromatic N) is 1. The summed E-state index contributed by atoms with van der Waals surface area (Å²) in [5.41, 5.74) is 0.576. The van der Waals surface area contributed by atoms with Gasteiger partial charge in [0.15, 0.2) is 0 Å². The average Bonchev–Trinajstić information content (AvgIpc) is 2.74. The van der Waals surface area contributed by atoms with Gasteiger partial charge in [-0.1, -0.05) is 12.8 Å². The van der Waals surface area contributed by atoms with Gasteiger partial charge in [0.25, 0.3) is 0 Å². The van der Waals surface area contributed by atoms with Gasteiger partial charge in [-0.2, -0.15) is 0 Å². The second-order valence-electron chi connectivity index (χ2n) is 7.63. The van der Waals surface area contributed by atoms with Gasteiger partial charge in [-0.3, -0.25) is 9.69 Å². The molecule has 110 valence electrons. The van der Waals surface area contributed by atoms with Crippen LogP contribution in [-0.2, 0) is 4.79 Å². The summed E-state index contributed by atoms with van der Waals surface area (Å²) in [6, 6.07) is 0.460. The van der Waals surface area contributed by atoms with Crippen molar-refractivity contribution in [2.45, 2.75) is 83.7 Å². The van der Waals surface area contributed by atoms with E-state index in [0.29, 0.717) is 11.5 Å². The van der Waals surface area contributed by atoms with Crippen molar-refractivity contribution >= 4 is 5.97 Å². The fraction of sp³-hybridized carbons (Fsp3) is 0.938. The molecule has 2 saturated carbocycles. The SMILES string of the molecule is CC(C)(C)N(CC(=O)O)C1CCC2(CCCC2)CC1. The Hall–Kier alpha value is -0.570. The summed E-state index contributed by atoms with van der Waals surface area (Å²) in [5, 5.41) is 9.14. The molecule has 2 aliphatic carbocycles. The molecule has 0 aromatic rings. The van der Waals surface area contributed by atoms with Gasteiger partial charge in [0, 0.05) is 11.6 Å². The van der Waals surface area contributed by atoms with Gasteiger partial charge in [0.2, 0.25) is 0 Å². The minimum atomic E-state index is -0.698. The zero-order valence-electron chi connectivity index (χ0n) is 12.7. The van der Waals surface area contributed by atoms with E-state index in [1.807, 2.05) is 0 Å². The standard InChI is InChI=1S/C16H29NO2/c1-15(2,3)17(12-14(18)19)13-6-10-16(11-7-13)8-4-5-9-16/h13H,4-12H2,1-3H3,(H,18,19). The molecule has 0 bridgehead atoms. The Kier molecular flexibility index (Phi) is 4.24. The number of rotatable bonds is 3. The predicted molar refractivity (Wildman–Crippen MR) is 77.3 cm³/mol. The van der Waals surface area contributed by atoms with Gasteiger partial charge in [-0.25, -0.2) is 0 Å². The second-order valence-corrected chi connectivity index (χ2v) is 7.63. The second kappa shape index (κ2) is 5.43. The third-order valence-corrected chi connectivity index (χ3v) is 5.29. The fourth-order valence-electron chi connectivity index (χ4n) is 4.21. The number of aliphatic carboxylic acids is 1. The van der Waals surface area contributed by atoms with E-state index in [9.17, 15) is 4.79 Å². The minimum absolute atomic E-state index is 0.0523. The van der Waals surface area contributed by atoms with Crippen LogP contribution in [0.1, 0.15) is 72.1 Å². The van der Waals surface area contributed by atoms with Crippen LogP contribution in [0.3, 0.4) is 0 Å². The van der Waals surface area contributed by atoms with E-state index in [2.05, 4.69) is 25.7 Å². The van der Waals surface area contributed by atoms with E-state index in [1.54, 1.807) is 0 Å². The van der Waals surface area contributed by atoms with E-state index in [0.717, 1.165) is 0 Å². The number of hydrogen-bond donors (Lipinski definition) is 1. The van der Waals surface area contributed by atoms with Crippen molar-refractivity contribution in [1.29, 1.82) is 0 Å². The number of carboxylic acid groups (broad SMARTS) is 1. The highest BCUT2D eigenvalue weighted by molar-refractivity contribution is 5.69. The lowest BCUT2D eigenvalue weighted by atomic mass is 9.70. The maximum absolute atomic E-state index is 11.1. The van der Waals surface area contributed by atoms with Crippen molar-refractivity contribution in [2.75, 3.05) is 6.54 Å². The highest BCUT2D eigenvalue weighted by Crippen LogP contribution is 2.50. The van der Waals surface area contributed by atoms with E-state index in [4.69, 9.17) is 5.11 Å². The summed E-state index contributed by atoms with van der Waals surface area (Å²) in [6.07, 6.45) is 10.6. The Balaban J connectivity index is 1.98. The lowest BCUT2D eigenvalue weighted by molar-refractivity contribution is -0.141. The van der Waals surface area contributed by atoms with Crippen LogP contribution in [0, 0.1) is 5.41 Å².